The second kappa shape index (κ2) is 6.76. The van der Waals surface area contributed by atoms with Gasteiger partial charge >= 0.3 is 6.09 Å². The highest BCUT2D eigenvalue weighted by molar-refractivity contribution is 5.68. The number of ether oxygens (including phenoxy) is 1. The summed E-state index contributed by atoms with van der Waals surface area (Å²) >= 11 is 0. The van der Waals surface area contributed by atoms with Gasteiger partial charge in [0.05, 0.1) is 12.8 Å². The van der Waals surface area contributed by atoms with E-state index in [0.717, 1.165) is 32.0 Å². The maximum absolute atomic E-state index is 11.7. The van der Waals surface area contributed by atoms with Crippen molar-refractivity contribution in [2.45, 2.75) is 19.8 Å². The molecule has 0 saturated carbocycles. The Morgan fingerprint density at radius 3 is 2.55 bits per heavy atom. The van der Waals surface area contributed by atoms with E-state index >= 15 is 0 Å². The summed E-state index contributed by atoms with van der Waals surface area (Å²) in [6, 6.07) is 0. The third kappa shape index (κ3) is 3.20. The Balaban J connectivity index is 1.61. The molecule has 0 unspecified atom stereocenters. The largest absolute Gasteiger partial charge is 0.450 e. The summed E-state index contributed by atoms with van der Waals surface area (Å²) in [5.41, 5.74) is 0. The van der Waals surface area contributed by atoms with Crippen molar-refractivity contribution in [1.82, 2.24) is 20.1 Å². The Labute approximate surface area is 130 Å². The highest BCUT2D eigenvalue weighted by Crippen LogP contribution is 2.19. The highest BCUT2D eigenvalue weighted by Gasteiger charge is 2.24. The normalized spacial score (nSPS) is 18.7. The standard InChI is InChI=1S/C14H22N6O2/c1-2-22-14(21)20-9-7-18(8-10-20)12-11-15-17-13(16-12)19-5-3-4-6-19/h11H,2-10H2,1H3. The number of hydrogen-bond donors (Lipinski definition) is 0. The Morgan fingerprint density at radius 1 is 1.14 bits per heavy atom. The first-order valence-electron chi connectivity index (χ1n) is 7.89. The molecular formula is C14H22N6O2. The first-order valence-corrected chi connectivity index (χ1v) is 7.89. The van der Waals surface area contributed by atoms with Gasteiger partial charge in [0, 0.05) is 39.3 Å². The summed E-state index contributed by atoms with van der Waals surface area (Å²) in [7, 11) is 0. The minimum absolute atomic E-state index is 0.235. The van der Waals surface area contributed by atoms with Crippen molar-refractivity contribution in [2.24, 2.45) is 0 Å². The fourth-order valence-corrected chi connectivity index (χ4v) is 2.82. The number of carbonyl (C=O) groups excluding carboxylic acids is 1. The Hall–Kier alpha value is -2.12. The fraction of sp³-hybridized carbons (Fsp3) is 0.714. The number of amides is 1. The minimum atomic E-state index is -0.235. The van der Waals surface area contributed by atoms with Crippen LogP contribution in [0, 0.1) is 0 Å². The van der Waals surface area contributed by atoms with E-state index in [1.54, 1.807) is 11.1 Å². The number of carbonyl (C=O) groups is 1. The minimum Gasteiger partial charge on any atom is -0.450 e. The molecule has 0 radical (unpaired) electrons. The van der Waals surface area contributed by atoms with Crippen molar-refractivity contribution >= 4 is 17.9 Å². The van der Waals surface area contributed by atoms with Gasteiger partial charge in [0.15, 0.2) is 5.82 Å². The van der Waals surface area contributed by atoms with Crippen LogP contribution in [0.25, 0.3) is 0 Å². The SMILES string of the molecule is CCOC(=O)N1CCN(c2cnnc(N3CCCC3)n2)CC1. The van der Waals surface area contributed by atoms with E-state index in [1.807, 2.05) is 6.92 Å². The number of rotatable bonds is 3. The van der Waals surface area contributed by atoms with Crippen LogP contribution in [0.1, 0.15) is 19.8 Å². The van der Waals surface area contributed by atoms with Gasteiger partial charge in [0.25, 0.3) is 0 Å². The summed E-state index contributed by atoms with van der Waals surface area (Å²) in [4.78, 5) is 22.4. The summed E-state index contributed by atoms with van der Waals surface area (Å²) in [5.74, 6) is 1.54. The van der Waals surface area contributed by atoms with Gasteiger partial charge < -0.3 is 19.4 Å². The highest BCUT2D eigenvalue weighted by atomic mass is 16.6. The van der Waals surface area contributed by atoms with Crippen LogP contribution in [0.3, 0.4) is 0 Å². The van der Waals surface area contributed by atoms with Crippen LogP contribution in [0.5, 0.6) is 0 Å². The molecule has 2 aliphatic heterocycles. The third-order valence-corrected chi connectivity index (χ3v) is 4.05. The second-order valence-corrected chi connectivity index (χ2v) is 5.48. The Kier molecular flexibility index (Phi) is 4.55. The number of anilines is 2. The lowest BCUT2D eigenvalue weighted by atomic mass is 10.3. The molecule has 0 atom stereocenters. The van der Waals surface area contributed by atoms with Gasteiger partial charge in [0.2, 0.25) is 5.95 Å². The van der Waals surface area contributed by atoms with E-state index in [1.165, 1.54) is 12.8 Å². The first kappa shape index (κ1) is 14.8. The number of nitrogens with zero attached hydrogens (tertiary/aromatic N) is 6. The predicted octanol–water partition coefficient (Wildman–Crippen LogP) is 0.750. The zero-order valence-electron chi connectivity index (χ0n) is 12.9. The summed E-state index contributed by atoms with van der Waals surface area (Å²) < 4.78 is 5.03. The van der Waals surface area contributed by atoms with Gasteiger partial charge in [-0.3, -0.25) is 0 Å². The monoisotopic (exact) mass is 306 g/mol. The molecule has 2 aliphatic rings. The van der Waals surface area contributed by atoms with Gasteiger partial charge in [-0.05, 0) is 19.8 Å². The molecule has 0 aliphatic carbocycles. The van der Waals surface area contributed by atoms with E-state index in [9.17, 15) is 4.79 Å². The van der Waals surface area contributed by atoms with Crippen molar-refractivity contribution in [2.75, 3.05) is 55.7 Å². The number of piperazine rings is 1. The molecule has 1 aromatic rings. The molecule has 3 heterocycles. The lowest BCUT2D eigenvalue weighted by molar-refractivity contribution is 0.105. The summed E-state index contributed by atoms with van der Waals surface area (Å²) in [6.45, 7) is 6.98. The molecule has 0 aromatic carbocycles. The van der Waals surface area contributed by atoms with Crippen molar-refractivity contribution in [3.63, 3.8) is 0 Å². The molecular weight excluding hydrogens is 284 g/mol. The van der Waals surface area contributed by atoms with E-state index in [-0.39, 0.29) is 6.09 Å². The third-order valence-electron chi connectivity index (χ3n) is 4.05. The average molecular weight is 306 g/mol. The van der Waals surface area contributed by atoms with E-state index < -0.39 is 0 Å². The molecule has 1 amide bonds. The second-order valence-electron chi connectivity index (χ2n) is 5.48. The van der Waals surface area contributed by atoms with Crippen LogP contribution in [-0.4, -0.2) is 72.0 Å². The zero-order valence-corrected chi connectivity index (χ0v) is 12.9. The van der Waals surface area contributed by atoms with Gasteiger partial charge in [0.1, 0.15) is 0 Å². The molecule has 0 bridgehead atoms. The summed E-state index contributed by atoms with van der Waals surface area (Å²) in [5, 5.41) is 8.22. The molecule has 3 rings (SSSR count). The van der Waals surface area contributed by atoms with Crippen molar-refractivity contribution in [3.05, 3.63) is 6.20 Å². The average Bonchev–Trinajstić information content (AvgIpc) is 3.10. The molecule has 120 valence electrons. The van der Waals surface area contributed by atoms with Crippen LogP contribution in [0.15, 0.2) is 6.20 Å². The van der Waals surface area contributed by atoms with Gasteiger partial charge in [-0.15, -0.1) is 5.10 Å². The van der Waals surface area contributed by atoms with Crippen LogP contribution in [0.4, 0.5) is 16.6 Å². The van der Waals surface area contributed by atoms with Gasteiger partial charge in [-0.2, -0.15) is 10.1 Å². The topological polar surface area (TPSA) is 74.7 Å². The first-order chi connectivity index (χ1) is 10.8. The molecule has 22 heavy (non-hydrogen) atoms. The Bertz CT molecular complexity index is 512. The number of hydrogen-bond acceptors (Lipinski definition) is 7. The molecule has 0 N–H and O–H groups in total. The van der Waals surface area contributed by atoms with Crippen molar-refractivity contribution in [1.29, 1.82) is 0 Å². The molecule has 1 aromatic heterocycles. The maximum Gasteiger partial charge on any atom is 0.409 e. The maximum atomic E-state index is 11.7. The molecule has 0 spiro atoms. The van der Waals surface area contributed by atoms with E-state index in [4.69, 9.17) is 4.74 Å². The van der Waals surface area contributed by atoms with Crippen LogP contribution in [-0.2, 0) is 4.74 Å². The predicted molar refractivity (Wildman–Crippen MR) is 82.1 cm³/mol. The van der Waals surface area contributed by atoms with Gasteiger partial charge in [-0.1, -0.05) is 0 Å². The smallest absolute Gasteiger partial charge is 0.409 e. The fourth-order valence-electron chi connectivity index (χ4n) is 2.82. The van der Waals surface area contributed by atoms with Crippen molar-refractivity contribution in [3.8, 4) is 0 Å². The van der Waals surface area contributed by atoms with E-state index in [2.05, 4.69) is 25.0 Å². The lowest BCUT2D eigenvalue weighted by Crippen LogP contribution is -2.49. The van der Waals surface area contributed by atoms with Crippen LogP contribution < -0.4 is 9.80 Å². The zero-order chi connectivity index (χ0) is 15.4. The molecule has 2 fully saturated rings. The quantitative estimate of drug-likeness (QED) is 0.815. The molecule has 8 heteroatoms. The van der Waals surface area contributed by atoms with Crippen LogP contribution >= 0.6 is 0 Å². The van der Waals surface area contributed by atoms with Gasteiger partial charge in [-0.25, -0.2) is 4.79 Å². The van der Waals surface area contributed by atoms with Crippen molar-refractivity contribution < 1.29 is 9.53 Å². The number of aromatic nitrogens is 3. The Morgan fingerprint density at radius 2 is 1.86 bits per heavy atom. The molecule has 2 saturated heterocycles. The van der Waals surface area contributed by atoms with Crippen LogP contribution in [0.2, 0.25) is 0 Å². The molecule has 8 nitrogen and oxygen atoms in total. The summed E-state index contributed by atoms with van der Waals surface area (Å²) in [6.07, 6.45) is 3.83. The van der Waals surface area contributed by atoms with E-state index in [0.29, 0.717) is 25.6 Å². The lowest BCUT2D eigenvalue weighted by Gasteiger charge is -2.34.